The Morgan fingerprint density at radius 2 is 2.10 bits per heavy atom. The summed E-state index contributed by atoms with van der Waals surface area (Å²) in [5, 5.41) is 10.9. The van der Waals surface area contributed by atoms with Crippen LogP contribution < -0.4 is 4.72 Å². The zero-order valence-corrected chi connectivity index (χ0v) is 13.1. The van der Waals surface area contributed by atoms with Gasteiger partial charge < -0.3 is 0 Å². The number of hydrogen-bond acceptors (Lipinski definition) is 6. The van der Waals surface area contributed by atoms with Gasteiger partial charge in [0.1, 0.15) is 0 Å². The SMILES string of the molecule is CC(C)C(=O)[C@H](CSCc1ccccc1[N+](=O)[O-])NS. The van der Waals surface area contributed by atoms with Gasteiger partial charge >= 0.3 is 0 Å². The molecular weight excluding hydrogens is 296 g/mol. The van der Waals surface area contributed by atoms with Crippen molar-refractivity contribution in [2.75, 3.05) is 5.75 Å². The molecule has 110 valence electrons. The average molecular weight is 314 g/mol. The molecule has 0 fully saturated rings. The quantitative estimate of drug-likeness (QED) is 0.438. The zero-order chi connectivity index (χ0) is 15.1. The van der Waals surface area contributed by atoms with Crippen molar-refractivity contribution < 1.29 is 9.72 Å². The predicted molar refractivity (Wildman–Crippen MR) is 85.0 cm³/mol. The summed E-state index contributed by atoms with van der Waals surface area (Å²) in [5.41, 5.74) is 0.781. The van der Waals surface area contributed by atoms with E-state index in [1.807, 2.05) is 13.8 Å². The molecule has 0 bridgehead atoms. The topological polar surface area (TPSA) is 72.2 Å². The van der Waals surface area contributed by atoms with Crippen molar-refractivity contribution in [3.8, 4) is 0 Å². The van der Waals surface area contributed by atoms with Crippen molar-refractivity contribution in [2.45, 2.75) is 25.6 Å². The van der Waals surface area contributed by atoms with Crippen LogP contribution in [0, 0.1) is 16.0 Å². The maximum Gasteiger partial charge on any atom is 0.273 e. The van der Waals surface area contributed by atoms with Gasteiger partial charge in [0, 0.05) is 29.1 Å². The number of benzene rings is 1. The first-order valence-electron chi connectivity index (χ1n) is 6.20. The Hall–Kier alpha value is -1.05. The molecule has 5 nitrogen and oxygen atoms in total. The summed E-state index contributed by atoms with van der Waals surface area (Å²) in [7, 11) is 0. The summed E-state index contributed by atoms with van der Waals surface area (Å²) < 4.78 is 2.70. The van der Waals surface area contributed by atoms with E-state index in [4.69, 9.17) is 0 Å². The molecule has 0 aliphatic rings. The highest BCUT2D eigenvalue weighted by atomic mass is 32.2. The van der Waals surface area contributed by atoms with Crippen LogP contribution in [0.3, 0.4) is 0 Å². The summed E-state index contributed by atoms with van der Waals surface area (Å²) in [4.78, 5) is 22.4. The predicted octanol–water partition coefficient (Wildman–Crippen LogP) is 2.86. The normalized spacial score (nSPS) is 12.4. The fraction of sp³-hybridized carbons (Fsp3) is 0.462. The number of nitrogens with zero attached hydrogens (tertiary/aromatic N) is 1. The van der Waals surface area contributed by atoms with E-state index < -0.39 is 0 Å². The number of carbonyl (C=O) groups is 1. The highest BCUT2D eigenvalue weighted by Crippen LogP contribution is 2.23. The number of hydrogen-bond donors (Lipinski definition) is 2. The number of rotatable bonds is 8. The minimum atomic E-state index is -0.385. The summed E-state index contributed by atoms with van der Waals surface area (Å²) >= 11 is 5.45. The Labute approximate surface area is 128 Å². The molecule has 0 spiro atoms. The molecule has 0 aromatic heterocycles. The molecule has 0 heterocycles. The Bertz CT molecular complexity index is 480. The molecule has 0 aliphatic heterocycles. The van der Waals surface area contributed by atoms with Gasteiger partial charge in [0.25, 0.3) is 5.69 Å². The number of para-hydroxylation sites is 1. The Morgan fingerprint density at radius 3 is 2.65 bits per heavy atom. The number of thiol groups is 1. The molecule has 20 heavy (non-hydrogen) atoms. The molecule has 0 radical (unpaired) electrons. The number of nitrogens with one attached hydrogen (secondary N) is 1. The monoisotopic (exact) mass is 314 g/mol. The van der Waals surface area contributed by atoms with Gasteiger partial charge in [0.2, 0.25) is 0 Å². The molecule has 1 atom stereocenters. The number of thioether (sulfide) groups is 1. The van der Waals surface area contributed by atoms with E-state index in [0.29, 0.717) is 17.1 Å². The third-order valence-electron chi connectivity index (χ3n) is 2.80. The minimum Gasteiger partial charge on any atom is -0.298 e. The van der Waals surface area contributed by atoms with Crippen molar-refractivity contribution in [3.05, 3.63) is 39.9 Å². The summed E-state index contributed by atoms with van der Waals surface area (Å²) in [6.07, 6.45) is 0. The van der Waals surface area contributed by atoms with Gasteiger partial charge in [0.15, 0.2) is 5.78 Å². The number of Topliss-reactive ketones (excluding diaryl/α,β-unsaturated/α-hetero) is 1. The van der Waals surface area contributed by atoms with Gasteiger partial charge in [-0.2, -0.15) is 11.8 Å². The lowest BCUT2D eigenvalue weighted by Gasteiger charge is -2.16. The second kappa shape index (κ2) is 8.28. The van der Waals surface area contributed by atoms with Gasteiger partial charge in [-0.05, 0) is 0 Å². The van der Waals surface area contributed by atoms with Gasteiger partial charge in [-0.3, -0.25) is 19.6 Å². The van der Waals surface area contributed by atoms with Gasteiger partial charge in [-0.1, -0.05) is 44.9 Å². The van der Waals surface area contributed by atoms with Gasteiger partial charge in [0.05, 0.1) is 11.0 Å². The fourth-order valence-electron chi connectivity index (χ4n) is 1.68. The largest absolute Gasteiger partial charge is 0.298 e. The number of nitro groups is 1. The Balaban J connectivity index is 2.60. The lowest BCUT2D eigenvalue weighted by molar-refractivity contribution is -0.385. The first-order chi connectivity index (χ1) is 9.47. The highest BCUT2D eigenvalue weighted by molar-refractivity contribution is 7.98. The van der Waals surface area contributed by atoms with Crippen LogP contribution in [0.4, 0.5) is 5.69 Å². The van der Waals surface area contributed by atoms with Crippen molar-refractivity contribution in [3.63, 3.8) is 0 Å². The smallest absolute Gasteiger partial charge is 0.273 e. The summed E-state index contributed by atoms with van der Waals surface area (Å²) in [6.45, 7) is 3.68. The third kappa shape index (κ3) is 4.81. The standard InChI is InChI=1S/C13H18N2O3S2/c1-9(2)13(16)11(14-19)8-20-7-10-5-3-4-6-12(10)15(17)18/h3-6,9,11,14,19H,7-8H2,1-2H3/t11-/m0/s1. The van der Waals surface area contributed by atoms with Gasteiger partial charge in [-0.15, -0.1) is 0 Å². The maximum atomic E-state index is 11.9. The highest BCUT2D eigenvalue weighted by Gasteiger charge is 2.20. The fourth-order valence-corrected chi connectivity index (χ4v) is 3.09. The molecule has 0 amide bonds. The van der Waals surface area contributed by atoms with Crippen molar-refractivity contribution in [1.29, 1.82) is 0 Å². The summed E-state index contributed by atoms with van der Waals surface area (Å²) in [5.74, 6) is 1.06. The number of ketones is 1. The second-order valence-corrected chi connectivity index (χ2v) is 5.93. The molecule has 1 rings (SSSR count). The molecule has 1 N–H and O–H groups in total. The van der Waals surface area contributed by atoms with E-state index >= 15 is 0 Å². The average Bonchev–Trinajstić information content (AvgIpc) is 2.43. The van der Waals surface area contributed by atoms with Crippen LogP contribution >= 0.6 is 24.6 Å². The zero-order valence-electron chi connectivity index (χ0n) is 11.4. The second-order valence-electron chi connectivity index (χ2n) is 4.64. The van der Waals surface area contributed by atoms with E-state index in [9.17, 15) is 14.9 Å². The van der Waals surface area contributed by atoms with E-state index in [2.05, 4.69) is 17.5 Å². The van der Waals surface area contributed by atoms with Crippen LogP contribution in [0.25, 0.3) is 0 Å². The van der Waals surface area contributed by atoms with Crippen LogP contribution in [-0.4, -0.2) is 22.5 Å². The lowest BCUT2D eigenvalue weighted by Crippen LogP contribution is -2.36. The number of carbonyl (C=O) groups excluding carboxylic acids is 1. The van der Waals surface area contributed by atoms with Crippen LogP contribution in [0.15, 0.2) is 24.3 Å². The first kappa shape index (κ1) is 17.0. The van der Waals surface area contributed by atoms with Crippen molar-refractivity contribution in [2.24, 2.45) is 5.92 Å². The lowest BCUT2D eigenvalue weighted by atomic mass is 10.0. The van der Waals surface area contributed by atoms with E-state index in [1.54, 1.807) is 18.2 Å². The first-order valence-corrected chi connectivity index (χ1v) is 7.81. The van der Waals surface area contributed by atoms with Crippen molar-refractivity contribution >= 4 is 36.0 Å². The Kier molecular flexibility index (Phi) is 7.04. The van der Waals surface area contributed by atoms with Crippen LogP contribution in [-0.2, 0) is 10.5 Å². The molecule has 1 aromatic rings. The van der Waals surface area contributed by atoms with Gasteiger partial charge in [-0.25, -0.2) is 0 Å². The van der Waals surface area contributed by atoms with E-state index in [-0.39, 0.29) is 28.4 Å². The van der Waals surface area contributed by atoms with E-state index in [1.165, 1.54) is 17.8 Å². The molecule has 7 heteroatoms. The summed E-state index contributed by atoms with van der Waals surface area (Å²) in [6, 6.07) is 6.30. The van der Waals surface area contributed by atoms with Crippen LogP contribution in [0.2, 0.25) is 0 Å². The number of nitro benzene ring substituents is 1. The third-order valence-corrected chi connectivity index (χ3v) is 4.19. The van der Waals surface area contributed by atoms with Crippen LogP contribution in [0.5, 0.6) is 0 Å². The molecule has 0 aliphatic carbocycles. The van der Waals surface area contributed by atoms with E-state index in [0.717, 1.165) is 0 Å². The molecular formula is C13H18N2O3S2. The van der Waals surface area contributed by atoms with Crippen molar-refractivity contribution in [1.82, 2.24) is 4.72 Å². The Morgan fingerprint density at radius 1 is 1.45 bits per heavy atom. The molecule has 0 saturated carbocycles. The maximum absolute atomic E-state index is 11.9. The molecule has 0 unspecified atom stereocenters. The molecule has 1 aromatic carbocycles. The van der Waals surface area contributed by atoms with Crippen LogP contribution in [0.1, 0.15) is 19.4 Å². The minimum absolute atomic E-state index is 0.0636. The molecule has 0 saturated heterocycles.